The molecule has 1 N–H and O–H groups in total. The lowest BCUT2D eigenvalue weighted by atomic mass is 10.1. The van der Waals surface area contributed by atoms with E-state index in [1.165, 1.54) is 11.1 Å². The molecule has 0 heterocycles. The van der Waals surface area contributed by atoms with Crippen LogP contribution in [0, 0.1) is 6.92 Å². The number of benzene rings is 2. The largest absolute Gasteiger partial charge is 0.322 e. The smallest absolute Gasteiger partial charge is 0.255 e. The first-order valence-electron chi connectivity index (χ1n) is 12.3. The lowest BCUT2D eigenvalue weighted by Gasteiger charge is -2.07. The summed E-state index contributed by atoms with van der Waals surface area (Å²) in [4.78, 5) is 12.1. The Balaban J connectivity index is -0.000000542. The van der Waals surface area contributed by atoms with Crippen molar-refractivity contribution in [3.05, 3.63) is 108 Å². The van der Waals surface area contributed by atoms with Crippen molar-refractivity contribution in [3.63, 3.8) is 0 Å². The predicted molar refractivity (Wildman–Crippen MR) is 158 cm³/mol. The van der Waals surface area contributed by atoms with Crippen molar-refractivity contribution in [1.29, 1.82) is 0 Å². The lowest BCUT2D eigenvalue weighted by Crippen LogP contribution is -2.11. The maximum Gasteiger partial charge on any atom is 0.255 e. The zero-order valence-electron chi connectivity index (χ0n) is 23.7. The van der Waals surface area contributed by atoms with E-state index in [1.807, 2.05) is 123 Å². The standard InChI is InChI=1S/C17H17NO.C9H14.3C2H6/c1-12(2)14-7-9-16(10-8-14)18-17(19)15-6-4-5-13(3)11-15;1-5-7-9(4)8(3)6-2;3*1-2/h4-11H,1H2,2-3H3,(H,18,19);5-7H,1H2,2-4H3;3*1-2H3/b;8-6-,9-7-;;;. The van der Waals surface area contributed by atoms with Crippen molar-refractivity contribution in [2.75, 3.05) is 5.32 Å². The van der Waals surface area contributed by atoms with Crippen molar-refractivity contribution >= 4 is 17.2 Å². The number of anilines is 1. The maximum absolute atomic E-state index is 12.1. The number of carbonyl (C=O) groups excluding carboxylic acids is 1. The molecule has 0 unspecified atom stereocenters. The summed E-state index contributed by atoms with van der Waals surface area (Å²) in [7, 11) is 0. The minimum atomic E-state index is -0.0909. The van der Waals surface area contributed by atoms with Crippen molar-refractivity contribution in [3.8, 4) is 0 Å². The number of hydrogen-bond donors (Lipinski definition) is 1. The zero-order chi connectivity index (χ0) is 27.1. The van der Waals surface area contributed by atoms with Gasteiger partial charge in [0.05, 0.1) is 0 Å². The van der Waals surface area contributed by atoms with E-state index in [1.54, 1.807) is 0 Å². The Morgan fingerprint density at radius 2 is 1.35 bits per heavy atom. The van der Waals surface area contributed by atoms with Gasteiger partial charge in [0.2, 0.25) is 0 Å². The summed E-state index contributed by atoms with van der Waals surface area (Å²) >= 11 is 0. The molecule has 0 aromatic heterocycles. The third-order valence-electron chi connectivity index (χ3n) is 4.34. The highest BCUT2D eigenvalue weighted by atomic mass is 16.1. The summed E-state index contributed by atoms with van der Waals surface area (Å²) in [5.41, 5.74) is 7.22. The molecule has 0 saturated carbocycles. The topological polar surface area (TPSA) is 29.1 Å². The fourth-order valence-electron chi connectivity index (χ4n) is 2.36. The average Bonchev–Trinajstić information content (AvgIpc) is 2.88. The molecule has 0 radical (unpaired) electrons. The summed E-state index contributed by atoms with van der Waals surface area (Å²) in [6.45, 7) is 29.6. The van der Waals surface area contributed by atoms with Gasteiger partial charge in [0.1, 0.15) is 0 Å². The van der Waals surface area contributed by atoms with Crippen molar-refractivity contribution < 1.29 is 4.79 Å². The Morgan fingerprint density at radius 3 is 1.76 bits per heavy atom. The molecule has 0 saturated heterocycles. The highest BCUT2D eigenvalue weighted by Gasteiger charge is 2.05. The molecule has 188 valence electrons. The van der Waals surface area contributed by atoms with Gasteiger partial charge in [-0.3, -0.25) is 4.79 Å². The molecule has 1 amide bonds. The second kappa shape index (κ2) is 23.0. The fourth-order valence-corrected chi connectivity index (χ4v) is 2.36. The van der Waals surface area contributed by atoms with E-state index in [0.29, 0.717) is 5.56 Å². The molecule has 34 heavy (non-hydrogen) atoms. The first-order valence-corrected chi connectivity index (χ1v) is 12.3. The molecule has 2 aromatic rings. The Hall–Kier alpha value is -3.13. The van der Waals surface area contributed by atoms with E-state index < -0.39 is 0 Å². The Bertz CT molecular complexity index is 883. The zero-order valence-corrected chi connectivity index (χ0v) is 23.7. The van der Waals surface area contributed by atoms with Gasteiger partial charge in [0.15, 0.2) is 0 Å². The number of nitrogens with one attached hydrogen (secondary N) is 1. The summed E-state index contributed by atoms with van der Waals surface area (Å²) < 4.78 is 0. The van der Waals surface area contributed by atoms with Crippen LogP contribution in [0.3, 0.4) is 0 Å². The number of amides is 1. The monoisotopic (exact) mass is 463 g/mol. The van der Waals surface area contributed by atoms with Gasteiger partial charge in [-0.05, 0) is 70.0 Å². The lowest BCUT2D eigenvalue weighted by molar-refractivity contribution is 0.102. The second-order valence-corrected chi connectivity index (χ2v) is 6.74. The molecule has 0 bridgehead atoms. The van der Waals surface area contributed by atoms with Gasteiger partial charge in [0.25, 0.3) is 5.91 Å². The third kappa shape index (κ3) is 15.6. The highest BCUT2D eigenvalue weighted by Crippen LogP contribution is 2.16. The third-order valence-corrected chi connectivity index (χ3v) is 4.34. The normalized spacial score (nSPS) is 9.74. The maximum atomic E-state index is 12.1. The minimum absolute atomic E-state index is 0.0909. The van der Waals surface area contributed by atoms with Crippen LogP contribution in [0.25, 0.3) is 5.57 Å². The molecule has 2 rings (SSSR count). The van der Waals surface area contributed by atoms with E-state index in [4.69, 9.17) is 0 Å². The molecule has 0 aliphatic rings. The molecule has 0 fully saturated rings. The average molecular weight is 464 g/mol. The molecule has 2 aromatic carbocycles. The van der Waals surface area contributed by atoms with Gasteiger partial charge < -0.3 is 5.32 Å². The van der Waals surface area contributed by atoms with Crippen LogP contribution in [0.15, 0.2) is 91.1 Å². The van der Waals surface area contributed by atoms with Gasteiger partial charge >= 0.3 is 0 Å². The van der Waals surface area contributed by atoms with Gasteiger partial charge in [0, 0.05) is 11.3 Å². The van der Waals surface area contributed by atoms with Gasteiger partial charge in [-0.2, -0.15) is 0 Å². The van der Waals surface area contributed by atoms with Crippen LogP contribution in [0.4, 0.5) is 5.69 Å². The SMILES string of the molecule is C=C(C)c1ccc(NC(=O)c2cccc(C)c2)cc1.C=C/C=C(C)\C(C)=C/C.CC.CC.CC. The van der Waals surface area contributed by atoms with E-state index in [9.17, 15) is 4.79 Å². The Labute approximate surface area is 211 Å². The molecule has 0 atom stereocenters. The van der Waals surface area contributed by atoms with Crippen LogP contribution in [0.2, 0.25) is 0 Å². The molecule has 2 nitrogen and oxygen atoms in total. The van der Waals surface area contributed by atoms with Crippen molar-refractivity contribution in [2.45, 2.75) is 76.2 Å². The van der Waals surface area contributed by atoms with Crippen LogP contribution >= 0.6 is 0 Å². The predicted octanol–water partition coefficient (Wildman–Crippen LogP) is 10.4. The Morgan fingerprint density at radius 1 is 0.824 bits per heavy atom. The van der Waals surface area contributed by atoms with E-state index >= 15 is 0 Å². The van der Waals surface area contributed by atoms with E-state index in [-0.39, 0.29) is 5.91 Å². The Kier molecular flexibility index (Phi) is 24.0. The molecule has 2 heteroatoms. The van der Waals surface area contributed by atoms with Crippen molar-refractivity contribution in [2.24, 2.45) is 0 Å². The molecule has 0 aliphatic heterocycles. The molecular formula is C32H49NO. The summed E-state index contributed by atoms with van der Waals surface area (Å²) in [6, 6.07) is 15.2. The number of carbonyl (C=O) groups is 1. The quantitative estimate of drug-likeness (QED) is 0.439. The number of aryl methyl sites for hydroxylation is 1. The molecular weight excluding hydrogens is 414 g/mol. The van der Waals surface area contributed by atoms with Gasteiger partial charge in [-0.25, -0.2) is 0 Å². The van der Waals surface area contributed by atoms with E-state index in [2.05, 4.69) is 38.4 Å². The number of allylic oxidation sites excluding steroid dienone is 6. The highest BCUT2D eigenvalue weighted by molar-refractivity contribution is 6.04. The van der Waals surface area contributed by atoms with E-state index in [0.717, 1.165) is 22.4 Å². The number of rotatable bonds is 5. The summed E-state index contributed by atoms with van der Waals surface area (Å²) in [5.74, 6) is -0.0909. The van der Waals surface area contributed by atoms with Crippen LogP contribution in [0.5, 0.6) is 0 Å². The van der Waals surface area contributed by atoms with Crippen LogP contribution in [-0.4, -0.2) is 5.91 Å². The summed E-state index contributed by atoms with van der Waals surface area (Å²) in [6.07, 6.45) is 5.91. The minimum Gasteiger partial charge on any atom is -0.322 e. The fraction of sp³-hybridized carbons (Fsp3) is 0.344. The molecule has 0 aliphatic carbocycles. The van der Waals surface area contributed by atoms with Gasteiger partial charge in [-0.15, -0.1) is 0 Å². The molecule has 0 spiro atoms. The van der Waals surface area contributed by atoms with Crippen LogP contribution in [0.1, 0.15) is 90.7 Å². The first-order chi connectivity index (χ1) is 16.3. The first kappa shape index (κ1) is 35.5. The van der Waals surface area contributed by atoms with Crippen molar-refractivity contribution in [1.82, 2.24) is 0 Å². The summed E-state index contributed by atoms with van der Waals surface area (Å²) in [5, 5.41) is 2.88. The number of hydrogen-bond acceptors (Lipinski definition) is 1. The van der Waals surface area contributed by atoms with Crippen LogP contribution in [-0.2, 0) is 0 Å². The van der Waals surface area contributed by atoms with Crippen LogP contribution < -0.4 is 5.32 Å². The van der Waals surface area contributed by atoms with Gasteiger partial charge in [-0.1, -0.05) is 114 Å². The second-order valence-electron chi connectivity index (χ2n) is 6.74.